The van der Waals surface area contributed by atoms with Gasteiger partial charge in [0.2, 0.25) is 0 Å². The highest BCUT2D eigenvalue weighted by atomic mass is 35.5. The molecule has 2 aliphatic rings. The second-order valence-electron chi connectivity index (χ2n) is 7.22. The van der Waals surface area contributed by atoms with Gasteiger partial charge in [-0.15, -0.1) is 0 Å². The zero-order valence-corrected chi connectivity index (χ0v) is 17.6. The number of aliphatic hydroxyl groups is 1. The van der Waals surface area contributed by atoms with Crippen LogP contribution in [0.4, 0.5) is 17.5 Å². The molecule has 1 saturated heterocycles. The maximum absolute atomic E-state index is 7.00. The number of anilines is 3. The second kappa shape index (κ2) is 9.15. The molecule has 1 spiro atoms. The normalized spacial score (nSPS) is 18.0. The van der Waals surface area contributed by atoms with Crippen molar-refractivity contribution in [2.75, 3.05) is 36.6 Å². The molecule has 28 heavy (non-hydrogen) atoms. The Morgan fingerprint density at radius 3 is 2.39 bits per heavy atom. The molecule has 7 nitrogen and oxygen atoms in total. The number of hydrogen-bond acceptors (Lipinski definition) is 8. The van der Waals surface area contributed by atoms with Crippen LogP contribution in [0.1, 0.15) is 38.5 Å². The van der Waals surface area contributed by atoms with Crippen molar-refractivity contribution in [1.29, 1.82) is 0 Å². The van der Waals surface area contributed by atoms with Crippen LogP contribution >= 0.6 is 23.4 Å². The van der Waals surface area contributed by atoms with Gasteiger partial charge in [0.1, 0.15) is 16.7 Å². The monoisotopic (exact) mass is 422 g/mol. The van der Waals surface area contributed by atoms with E-state index in [1.165, 1.54) is 50.3 Å². The Labute approximate surface area is 174 Å². The lowest BCUT2D eigenvalue weighted by Crippen LogP contribution is -2.39. The zero-order valence-electron chi connectivity index (χ0n) is 16.1. The number of nitrogens with two attached hydrogens (primary N) is 2. The molecule has 2 fully saturated rings. The first-order valence-corrected chi connectivity index (χ1v) is 10.7. The van der Waals surface area contributed by atoms with Gasteiger partial charge in [0, 0.05) is 31.3 Å². The molecule has 3 heterocycles. The molecule has 0 atom stereocenters. The third-order valence-corrected chi connectivity index (χ3v) is 7.23. The number of pyridine rings is 1. The first kappa shape index (κ1) is 21.0. The van der Waals surface area contributed by atoms with Gasteiger partial charge in [-0.05, 0) is 37.2 Å². The fourth-order valence-corrected chi connectivity index (χ4v) is 5.09. The molecule has 9 heteroatoms. The molecule has 0 unspecified atom stereocenters. The standard InChI is InChI=1S/C18H23ClN6S.CH4O/c19-14-12(3-8-22-15(14)20)26-17-16(21)24-13(11-23-17)25-9-6-18(7-10-25)4-1-2-5-18;1-2/h3,8,11H,1-2,4-7,9-10H2,(H2,20,22)(H2,21,24);2H,1H3. The molecule has 0 radical (unpaired) electrons. The minimum Gasteiger partial charge on any atom is -0.400 e. The van der Waals surface area contributed by atoms with Crippen molar-refractivity contribution in [2.24, 2.45) is 5.41 Å². The molecule has 4 rings (SSSR count). The summed E-state index contributed by atoms with van der Waals surface area (Å²) in [6, 6.07) is 1.80. The second-order valence-corrected chi connectivity index (χ2v) is 8.63. The number of nitrogen functional groups attached to an aromatic ring is 2. The molecule has 0 bridgehead atoms. The Hall–Kier alpha value is -1.77. The van der Waals surface area contributed by atoms with E-state index in [2.05, 4.69) is 19.9 Å². The smallest absolute Gasteiger partial charge is 0.158 e. The van der Waals surface area contributed by atoms with Crippen LogP contribution in [-0.4, -0.2) is 40.3 Å². The molecular formula is C19H27ClN6OS. The minimum absolute atomic E-state index is 0.300. The van der Waals surface area contributed by atoms with Crippen molar-refractivity contribution in [3.8, 4) is 0 Å². The summed E-state index contributed by atoms with van der Waals surface area (Å²) in [6.45, 7) is 2.07. The summed E-state index contributed by atoms with van der Waals surface area (Å²) in [6.07, 6.45) is 11.5. The molecule has 0 aromatic carbocycles. The Morgan fingerprint density at radius 1 is 1.07 bits per heavy atom. The van der Waals surface area contributed by atoms with Crippen LogP contribution in [0, 0.1) is 5.41 Å². The van der Waals surface area contributed by atoms with Crippen LogP contribution in [0.5, 0.6) is 0 Å². The number of hydrogen-bond donors (Lipinski definition) is 3. The van der Waals surface area contributed by atoms with E-state index in [0.29, 0.717) is 27.1 Å². The third-order valence-electron chi connectivity index (χ3n) is 5.65. The first-order chi connectivity index (χ1) is 13.6. The summed E-state index contributed by atoms with van der Waals surface area (Å²) in [4.78, 5) is 16.2. The van der Waals surface area contributed by atoms with Crippen molar-refractivity contribution < 1.29 is 5.11 Å². The van der Waals surface area contributed by atoms with Gasteiger partial charge in [-0.2, -0.15) is 0 Å². The largest absolute Gasteiger partial charge is 0.400 e. The lowest BCUT2D eigenvalue weighted by molar-refractivity contribution is 0.226. The Bertz CT molecular complexity index is 805. The van der Waals surface area contributed by atoms with E-state index in [1.807, 2.05) is 6.20 Å². The molecule has 2 aromatic heterocycles. The lowest BCUT2D eigenvalue weighted by atomic mass is 9.77. The van der Waals surface area contributed by atoms with E-state index >= 15 is 0 Å². The van der Waals surface area contributed by atoms with E-state index in [0.717, 1.165) is 30.9 Å². The van der Waals surface area contributed by atoms with Crippen molar-refractivity contribution in [2.45, 2.75) is 48.4 Å². The van der Waals surface area contributed by atoms with Crippen LogP contribution in [-0.2, 0) is 0 Å². The summed E-state index contributed by atoms with van der Waals surface area (Å²) in [5.74, 6) is 1.58. The van der Waals surface area contributed by atoms with Crippen molar-refractivity contribution in [1.82, 2.24) is 15.0 Å². The molecule has 1 aliphatic carbocycles. The van der Waals surface area contributed by atoms with Crippen LogP contribution in [0.2, 0.25) is 5.02 Å². The fourth-order valence-electron chi connectivity index (χ4n) is 4.07. The average Bonchev–Trinajstić information content (AvgIpc) is 3.17. The summed E-state index contributed by atoms with van der Waals surface area (Å²) < 4.78 is 0. The Balaban J connectivity index is 0.00000109. The van der Waals surface area contributed by atoms with Crippen molar-refractivity contribution >= 4 is 40.8 Å². The fraction of sp³-hybridized carbons (Fsp3) is 0.526. The van der Waals surface area contributed by atoms with Crippen molar-refractivity contribution in [3.63, 3.8) is 0 Å². The lowest BCUT2D eigenvalue weighted by Gasteiger charge is -2.39. The van der Waals surface area contributed by atoms with Gasteiger partial charge in [-0.3, -0.25) is 0 Å². The number of aliphatic hydroxyl groups excluding tert-OH is 1. The van der Waals surface area contributed by atoms with Gasteiger partial charge in [-0.25, -0.2) is 15.0 Å². The average molecular weight is 423 g/mol. The predicted molar refractivity (Wildman–Crippen MR) is 115 cm³/mol. The van der Waals surface area contributed by atoms with E-state index in [9.17, 15) is 0 Å². The predicted octanol–water partition coefficient (Wildman–Crippen LogP) is 3.61. The molecule has 5 N–H and O–H groups in total. The van der Waals surface area contributed by atoms with E-state index in [4.69, 9.17) is 28.2 Å². The highest BCUT2D eigenvalue weighted by molar-refractivity contribution is 7.99. The van der Waals surface area contributed by atoms with Gasteiger partial charge >= 0.3 is 0 Å². The van der Waals surface area contributed by atoms with Crippen LogP contribution in [0.25, 0.3) is 0 Å². The zero-order chi connectivity index (χ0) is 20.1. The quantitative estimate of drug-likeness (QED) is 0.687. The molecule has 152 valence electrons. The maximum Gasteiger partial charge on any atom is 0.158 e. The number of halogens is 1. The molecule has 1 saturated carbocycles. The summed E-state index contributed by atoms with van der Waals surface area (Å²) in [7, 11) is 1.00. The van der Waals surface area contributed by atoms with Crippen LogP contribution in [0.15, 0.2) is 28.4 Å². The highest BCUT2D eigenvalue weighted by Crippen LogP contribution is 2.46. The molecule has 1 aliphatic heterocycles. The maximum atomic E-state index is 7.00. The molecule has 0 amide bonds. The highest BCUT2D eigenvalue weighted by Gasteiger charge is 2.37. The van der Waals surface area contributed by atoms with Gasteiger partial charge < -0.3 is 21.5 Å². The minimum atomic E-state index is 0.300. The summed E-state index contributed by atoms with van der Waals surface area (Å²) in [5.41, 5.74) is 12.5. The number of aromatic nitrogens is 3. The number of nitrogens with zero attached hydrogens (tertiary/aromatic N) is 4. The Morgan fingerprint density at radius 2 is 1.75 bits per heavy atom. The van der Waals surface area contributed by atoms with Crippen LogP contribution < -0.4 is 16.4 Å². The number of rotatable bonds is 3. The topological polar surface area (TPSA) is 114 Å². The molecular weight excluding hydrogens is 396 g/mol. The van der Waals surface area contributed by atoms with Crippen LogP contribution in [0.3, 0.4) is 0 Å². The van der Waals surface area contributed by atoms with Gasteiger partial charge in [-0.1, -0.05) is 36.2 Å². The molecule has 2 aromatic rings. The Kier molecular flexibility index (Phi) is 6.85. The third kappa shape index (κ3) is 4.45. The van der Waals surface area contributed by atoms with E-state index < -0.39 is 0 Å². The first-order valence-electron chi connectivity index (χ1n) is 9.46. The van der Waals surface area contributed by atoms with Gasteiger partial charge in [0.05, 0.1) is 11.2 Å². The summed E-state index contributed by atoms with van der Waals surface area (Å²) >= 11 is 7.56. The van der Waals surface area contributed by atoms with Crippen molar-refractivity contribution in [3.05, 3.63) is 23.5 Å². The van der Waals surface area contributed by atoms with Gasteiger partial charge in [0.15, 0.2) is 5.82 Å². The SMILES string of the molecule is CO.Nc1nc(N2CCC3(CCCC3)CC2)cnc1Sc1ccnc(N)c1Cl. The number of piperidine rings is 1. The van der Waals surface area contributed by atoms with E-state index in [-0.39, 0.29) is 0 Å². The van der Waals surface area contributed by atoms with Gasteiger partial charge in [0.25, 0.3) is 0 Å². The summed E-state index contributed by atoms with van der Waals surface area (Å²) in [5, 5.41) is 8.05. The van der Waals surface area contributed by atoms with E-state index in [1.54, 1.807) is 12.3 Å².